The molecule has 0 unspecified atom stereocenters. The molecule has 0 bridgehead atoms. The lowest BCUT2D eigenvalue weighted by Crippen LogP contribution is -1.87. The van der Waals surface area contributed by atoms with Gasteiger partial charge in [0.25, 0.3) is 0 Å². The Morgan fingerprint density at radius 3 is 1.89 bits per heavy atom. The first-order valence-corrected chi connectivity index (χ1v) is 9.57. The van der Waals surface area contributed by atoms with Crippen LogP contribution in [0.15, 0.2) is 103 Å². The molecule has 0 radical (unpaired) electrons. The number of pyridine rings is 1. The van der Waals surface area contributed by atoms with E-state index in [-0.39, 0.29) is 0 Å². The molecule has 0 N–H and O–H groups in total. The van der Waals surface area contributed by atoms with Crippen LogP contribution in [0.1, 0.15) is 0 Å². The van der Waals surface area contributed by atoms with Crippen molar-refractivity contribution in [1.29, 1.82) is 0 Å². The van der Waals surface area contributed by atoms with Crippen LogP contribution in [0, 0.1) is 0 Å². The molecular formula is C27H17N. The molecule has 0 saturated heterocycles. The minimum atomic E-state index is 1.01. The minimum Gasteiger partial charge on any atom is -0.247 e. The fourth-order valence-corrected chi connectivity index (χ4v) is 4.19. The van der Waals surface area contributed by atoms with Gasteiger partial charge in [-0.05, 0) is 39.1 Å². The van der Waals surface area contributed by atoms with Crippen LogP contribution in [-0.4, -0.2) is 4.98 Å². The number of rotatable bonds is 1. The van der Waals surface area contributed by atoms with Gasteiger partial charge in [-0.2, -0.15) is 0 Å². The van der Waals surface area contributed by atoms with Gasteiger partial charge in [0, 0.05) is 16.3 Å². The zero-order valence-corrected chi connectivity index (χ0v) is 15.3. The van der Waals surface area contributed by atoms with Crippen molar-refractivity contribution in [3.05, 3.63) is 103 Å². The maximum atomic E-state index is 5.04. The number of fused-ring (bicyclic) bond motifs is 6. The van der Waals surface area contributed by atoms with Gasteiger partial charge >= 0.3 is 0 Å². The second kappa shape index (κ2) is 5.90. The highest BCUT2D eigenvalue weighted by molar-refractivity contribution is 6.09. The Labute approximate surface area is 162 Å². The molecule has 6 rings (SSSR count). The largest absolute Gasteiger partial charge is 0.247 e. The van der Waals surface area contributed by atoms with E-state index in [9.17, 15) is 0 Å². The van der Waals surface area contributed by atoms with E-state index in [1.807, 2.05) is 0 Å². The maximum absolute atomic E-state index is 5.04. The Bertz CT molecular complexity index is 1510. The number of hydrogen-bond donors (Lipinski definition) is 0. The molecule has 0 fully saturated rings. The minimum absolute atomic E-state index is 1.01. The summed E-state index contributed by atoms with van der Waals surface area (Å²) < 4.78 is 0. The summed E-state index contributed by atoms with van der Waals surface area (Å²) >= 11 is 0. The average molecular weight is 355 g/mol. The predicted molar refractivity (Wildman–Crippen MR) is 120 cm³/mol. The van der Waals surface area contributed by atoms with E-state index >= 15 is 0 Å². The van der Waals surface area contributed by atoms with Gasteiger partial charge < -0.3 is 0 Å². The van der Waals surface area contributed by atoms with Gasteiger partial charge in [-0.15, -0.1) is 0 Å². The highest BCUT2D eigenvalue weighted by Crippen LogP contribution is 2.31. The van der Waals surface area contributed by atoms with Gasteiger partial charge in [-0.1, -0.05) is 91.0 Å². The van der Waals surface area contributed by atoms with Crippen LogP contribution in [0.5, 0.6) is 0 Å². The summed E-state index contributed by atoms with van der Waals surface area (Å²) in [6.07, 6.45) is 0. The van der Waals surface area contributed by atoms with E-state index in [2.05, 4.69) is 103 Å². The number of nitrogens with zero attached hydrogens (tertiary/aromatic N) is 1. The van der Waals surface area contributed by atoms with Crippen LogP contribution >= 0.6 is 0 Å². The fraction of sp³-hybridized carbons (Fsp3) is 0. The zero-order chi connectivity index (χ0) is 18.5. The monoisotopic (exact) mass is 355 g/mol. The normalized spacial score (nSPS) is 11.6. The number of hydrogen-bond acceptors (Lipinski definition) is 1. The first-order chi connectivity index (χ1) is 13.9. The molecule has 28 heavy (non-hydrogen) atoms. The molecule has 1 nitrogen and oxygen atoms in total. The molecule has 5 aromatic carbocycles. The molecule has 1 heteroatoms. The number of aromatic nitrogens is 1. The van der Waals surface area contributed by atoms with Gasteiger partial charge in [-0.3, -0.25) is 0 Å². The van der Waals surface area contributed by atoms with Crippen molar-refractivity contribution < 1.29 is 0 Å². The van der Waals surface area contributed by atoms with E-state index < -0.39 is 0 Å². The summed E-state index contributed by atoms with van der Waals surface area (Å²) in [6.45, 7) is 0. The Kier molecular flexibility index (Phi) is 3.24. The molecule has 0 amide bonds. The SMILES string of the molecule is c1ccc2c(c1)ccc1cc(-c3ccc4ccc5ccccc5c4n3)ccc12. The molecule has 0 saturated carbocycles. The Morgan fingerprint density at radius 1 is 0.429 bits per heavy atom. The van der Waals surface area contributed by atoms with Crippen LogP contribution in [0.2, 0.25) is 0 Å². The quantitative estimate of drug-likeness (QED) is 0.281. The Hall–Kier alpha value is -3.71. The zero-order valence-electron chi connectivity index (χ0n) is 15.3. The molecule has 0 atom stereocenters. The molecule has 0 spiro atoms. The topological polar surface area (TPSA) is 12.9 Å². The molecule has 0 aliphatic carbocycles. The molecule has 1 aromatic heterocycles. The van der Waals surface area contributed by atoms with Crippen molar-refractivity contribution in [2.75, 3.05) is 0 Å². The third kappa shape index (κ3) is 2.30. The smallest absolute Gasteiger partial charge is 0.0787 e. The third-order valence-corrected chi connectivity index (χ3v) is 5.63. The maximum Gasteiger partial charge on any atom is 0.0787 e. The van der Waals surface area contributed by atoms with Crippen molar-refractivity contribution >= 4 is 43.2 Å². The van der Waals surface area contributed by atoms with Crippen LogP contribution < -0.4 is 0 Å². The van der Waals surface area contributed by atoms with Gasteiger partial charge in [-0.25, -0.2) is 4.98 Å². The summed E-state index contributed by atoms with van der Waals surface area (Å²) in [5, 5.41) is 8.71. The lowest BCUT2D eigenvalue weighted by atomic mass is 9.98. The van der Waals surface area contributed by atoms with Crippen molar-refractivity contribution in [1.82, 2.24) is 4.98 Å². The van der Waals surface area contributed by atoms with E-state index in [1.54, 1.807) is 0 Å². The predicted octanol–water partition coefficient (Wildman–Crippen LogP) is 7.36. The molecule has 1 heterocycles. The van der Waals surface area contributed by atoms with Crippen molar-refractivity contribution in [2.45, 2.75) is 0 Å². The second-order valence-corrected chi connectivity index (χ2v) is 7.28. The Balaban J connectivity index is 1.59. The van der Waals surface area contributed by atoms with Crippen molar-refractivity contribution in [3.63, 3.8) is 0 Å². The van der Waals surface area contributed by atoms with Crippen LogP contribution in [-0.2, 0) is 0 Å². The van der Waals surface area contributed by atoms with Gasteiger partial charge in [0.1, 0.15) is 0 Å². The fourth-order valence-electron chi connectivity index (χ4n) is 4.19. The van der Waals surface area contributed by atoms with E-state index in [1.165, 1.54) is 37.7 Å². The van der Waals surface area contributed by atoms with Crippen LogP contribution in [0.4, 0.5) is 0 Å². The first kappa shape index (κ1) is 15.4. The highest BCUT2D eigenvalue weighted by atomic mass is 14.7. The second-order valence-electron chi connectivity index (χ2n) is 7.28. The summed E-state index contributed by atoms with van der Waals surface area (Å²) in [4.78, 5) is 5.04. The standard InChI is InChI=1S/C27H17N/c1-3-7-23-18(5-1)10-12-21-17-22(13-15-24(21)23)26-16-14-20-11-9-19-6-2-4-8-25(19)27(20)28-26/h1-17H. The molecule has 130 valence electrons. The van der Waals surface area contributed by atoms with Gasteiger partial charge in [0.2, 0.25) is 0 Å². The van der Waals surface area contributed by atoms with Crippen LogP contribution in [0.25, 0.3) is 54.5 Å². The van der Waals surface area contributed by atoms with E-state index in [0.717, 1.165) is 16.8 Å². The van der Waals surface area contributed by atoms with Crippen molar-refractivity contribution in [3.8, 4) is 11.3 Å². The van der Waals surface area contributed by atoms with Crippen LogP contribution in [0.3, 0.4) is 0 Å². The van der Waals surface area contributed by atoms with Gasteiger partial charge in [0.15, 0.2) is 0 Å². The third-order valence-electron chi connectivity index (χ3n) is 5.63. The summed E-state index contributed by atoms with van der Waals surface area (Å²) in [7, 11) is 0. The van der Waals surface area contributed by atoms with Gasteiger partial charge in [0.05, 0.1) is 11.2 Å². The molecule has 0 aliphatic heterocycles. The lowest BCUT2D eigenvalue weighted by Gasteiger charge is -2.09. The average Bonchev–Trinajstić information content (AvgIpc) is 2.78. The number of benzene rings is 5. The molecule has 6 aromatic rings. The first-order valence-electron chi connectivity index (χ1n) is 9.57. The molecular weight excluding hydrogens is 338 g/mol. The summed E-state index contributed by atoms with van der Waals surface area (Å²) in [6, 6.07) is 36.7. The van der Waals surface area contributed by atoms with E-state index in [4.69, 9.17) is 4.98 Å². The lowest BCUT2D eigenvalue weighted by molar-refractivity contribution is 1.42. The van der Waals surface area contributed by atoms with E-state index in [0.29, 0.717) is 0 Å². The Morgan fingerprint density at radius 2 is 1.04 bits per heavy atom. The highest BCUT2D eigenvalue weighted by Gasteiger charge is 2.07. The summed E-state index contributed by atoms with van der Waals surface area (Å²) in [5.74, 6) is 0. The van der Waals surface area contributed by atoms with Crippen molar-refractivity contribution in [2.24, 2.45) is 0 Å². The molecule has 0 aliphatic rings. The summed E-state index contributed by atoms with van der Waals surface area (Å²) in [5.41, 5.74) is 3.23.